The van der Waals surface area contributed by atoms with Crippen LogP contribution in [0.1, 0.15) is 18.9 Å². The molecule has 1 unspecified atom stereocenters. The average Bonchev–Trinajstić information content (AvgIpc) is 2.39. The first-order valence-corrected chi connectivity index (χ1v) is 6.19. The molecule has 4 N–H and O–H groups in total. The van der Waals surface area contributed by atoms with Crippen molar-refractivity contribution in [2.45, 2.75) is 38.0 Å². The molecule has 0 spiro atoms. The molecule has 0 radical (unpaired) electrons. The summed E-state index contributed by atoms with van der Waals surface area (Å²) in [4.78, 5) is 11.6. The summed E-state index contributed by atoms with van der Waals surface area (Å²) in [5.74, 6) is -0.335. The molecule has 0 aromatic heterocycles. The van der Waals surface area contributed by atoms with Crippen LogP contribution in [0.5, 0.6) is 0 Å². The fourth-order valence-corrected chi connectivity index (χ4v) is 1.70. The first-order valence-electron chi connectivity index (χ1n) is 6.19. The molecule has 0 fully saturated rings. The number of amides is 1. The number of aliphatic hydroxyl groups is 1. The number of aliphatic hydroxyl groups excluding tert-OH is 1. The Morgan fingerprint density at radius 2 is 2.11 bits per heavy atom. The molecule has 1 rings (SSSR count). The maximum Gasteiger partial charge on any atom is 0.236 e. The average molecular weight is 261 g/mol. The van der Waals surface area contributed by atoms with Gasteiger partial charge in [0.25, 0.3) is 0 Å². The summed E-state index contributed by atoms with van der Waals surface area (Å²) in [6.45, 7) is 1.57. The number of rotatable bonds is 6. The molecule has 102 valence electrons. The molecule has 0 aliphatic rings. The Balaban J connectivity index is 2.75. The molecular formula is C14H19N3O2. The van der Waals surface area contributed by atoms with E-state index in [1.807, 2.05) is 36.4 Å². The first-order chi connectivity index (χ1) is 9.04. The third kappa shape index (κ3) is 5.08. The Morgan fingerprint density at radius 1 is 1.47 bits per heavy atom. The predicted octanol–water partition coefficient (Wildman–Crippen LogP) is 0.336. The minimum Gasteiger partial charge on any atom is -0.390 e. The number of benzene rings is 1. The molecule has 3 atom stereocenters. The summed E-state index contributed by atoms with van der Waals surface area (Å²) in [5, 5.41) is 21.3. The van der Waals surface area contributed by atoms with Crippen LogP contribution in [-0.2, 0) is 11.2 Å². The van der Waals surface area contributed by atoms with Crippen LogP contribution in [0.25, 0.3) is 0 Å². The van der Waals surface area contributed by atoms with Gasteiger partial charge >= 0.3 is 0 Å². The molecule has 19 heavy (non-hydrogen) atoms. The van der Waals surface area contributed by atoms with Crippen molar-refractivity contribution in [1.82, 2.24) is 5.32 Å². The van der Waals surface area contributed by atoms with Crippen LogP contribution in [0.3, 0.4) is 0 Å². The van der Waals surface area contributed by atoms with E-state index in [2.05, 4.69) is 5.32 Å². The highest BCUT2D eigenvalue weighted by Crippen LogP contribution is 2.08. The third-order valence-corrected chi connectivity index (χ3v) is 2.80. The van der Waals surface area contributed by atoms with Crippen molar-refractivity contribution >= 4 is 5.91 Å². The lowest BCUT2D eigenvalue weighted by atomic mass is 9.99. The second kappa shape index (κ2) is 7.52. The molecule has 1 aromatic rings. The van der Waals surface area contributed by atoms with E-state index in [0.29, 0.717) is 6.42 Å². The lowest BCUT2D eigenvalue weighted by Gasteiger charge is -2.23. The monoisotopic (exact) mass is 261 g/mol. The smallest absolute Gasteiger partial charge is 0.236 e. The van der Waals surface area contributed by atoms with E-state index in [0.717, 1.165) is 5.56 Å². The van der Waals surface area contributed by atoms with Crippen molar-refractivity contribution < 1.29 is 9.90 Å². The molecule has 0 heterocycles. The molecule has 0 saturated carbocycles. The van der Waals surface area contributed by atoms with E-state index >= 15 is 0 Å². The largest absolute Gasteiger partial charge is 0.390 e. The van der Waals surface area contributed by atoms with Crippen molar-refractivity contribution in [3.05, 3.63) is 35.9 Å². The zero-order valence-corrected chi connectivity index (χ0v) is 10.9. The van der Waals surface area contributed by atoms with E-state index < -0.39 is 18.2 Å². The first kappa shape index (κ1) is 15.2. The van der Waals surface area contributed by atoms with Gasteiger partial charge in [-0.1, -0.05) is 30.3 Å². The second-order valence-electron chi connectivity index (χ2n) is 4.52. The lowest BCUT2D eigenvalue weighted by Crippen LogP contribution is -2.49. The van der Waals surface area contributed by atoms with Gasteiger partial charge in [0.1, 0.15) is 0 Å². The molecule has 0 aliphatic carbocycles. The van der Waals surface area contributed by atoms with Crippen molar-refractivity contribution in [2.24, 2.45) is 5.73 Å². The number of nitrogens with two attached hydrogens (primary N) is 1. The summed E-state index contributed by atoms with van der Waals surface area (Å²) in [6.07, 6.45) is -0.480. The highest BCUT2D eigenvalue weighted by Gasteiger charge is 2.22. The molecule has 5 heteroatoms. The Kier molecular flexibility index (Phi) is 6.00. The molecule has 0 bridgehead atoms. The highest BCUT2D eigenvalue weighted by molar-refractivity contribution is 5.81. The van der Waals surface area contributed by atoms with Gasteiger partial charge < -0.3 is 16.2 Å². The number of carbonyl (C=O) groups excluding carboxylic acids is 1. The fourth-order valence-electron chi connectivity index (χ4n) is 1.70. The van der Waals surface area contributed by atoms with Gasteiger partial charge in [-0.15, -0.1) is 0 Å². The Morgan fingerprint density at radius 3 is 2.63 bits per heavy atom. The molecule has 1 aromatic carbocycles. The van der Waals surface area contributed by atoms with E-state index in [-0.39, 0.29) is 12.3 Å². The van der Waals surface area contributed by atoms with Crippen LogP contribution in [0.2, 0.25) is 0 Å². The van der Waals surface area contributed by atoms with E-state index in [9.17, 15) is 9.90 Å². The van der Waals surface area contributed by atoms with Gasteiger partial charge in [-0.3, -0.25) is 4.79 Å². The van der Waals surface area contributed by atoms with Crippen LogP contribution < -0.4 is 11.1 Å². The number of carbonyl (C=O) groups is 1. The van der Waals surface area contributed by atoms with E-state index in [1.165, 1.54) is 0 Å². The van der Waals surface area contributed by atoms with Crippen molar-refractivity contribution in [1.29, 1.82) is 5.26 Å². The lowest BCUT2D eigenvalue weighted by molar-refractivity contribution is -0.123. The minimum atomic E-state index is -0.909. The van der Waals surface area contributed by atoms with Gasteiger partial charge in [-0.2, -0.15) is 5.26 Å². The van der Waals surface area contributed by atoms with Crippen LogP contribution in [0, 0.1) is 11.3 Å². The maximum absolute atomic E-state index is 11.6. The normalized spacial score (nSPS) is 15.1. The SMILES string of the molecule is CC(N)C(=O)N[C@@H](Cc1ccccc1)[C@H](O)CC#N. The van der Waals surface area contributed by atoms with Gasteiger partial charge in [-0.25, -0.2) is 0 Å². The summed E-state index contributed by atoms with van der Waals surface area (Å²) in [5.41, 5.74) is 6.47. The molecule has 0 aliphatic heterocycles. The van der Waals surface area contributed by atoms with E-state index in [1.54, 1.807) is 6.92 Å². The summed E-state index contributed by atoms with van der Waals surface area (Å²) >= 11 is 0. The summed E-state index contributed by atoms with van der Waals surface area (Å²) in [6, 6.07) is 10.2. The number of hydrogen-bond donors (Lipinski definition) is 3. The topological polar surface area (TPSA) is 99.1 Å². The van der Waals surface area contributed by atoms with Gasteiger partial charge in [0.15, 0.2) is 0 Å². The van der Waals surface area contributed by atoms with Crippen LogP contribution in [-0.4, -0.2) is 29.2 Å². The molecule has 5 nitrogen and oxygen atoms in total. The van der Waals surface area contributed by atoms with Crippen LogP contribution in [0.4, 0.5) is 0 Å². The maximum atomic E-state index is 11.6. The zero-order valence-electron chi connectivity index (χ0n) is 10.9. The number of hydrogen-bond acceptors (Lipinski definition) is 4. The number of nitriles is 1. The number of nitrogens with zero attached hydrogens (tertiary/aromatic N) is 1. The molecule has 1 amide bonds. The standard InChI is InChI=1S/C14H19N3O2/c1-10(16)14(19)17-12(13(18)7-8-15)9-11-5-3-2-4-6-11/h2-6,10,12-13,18H,7,9,16H2,1H3,(H,17,19)/t10?,12-,13+/m0/s1. The Bertz CT molecular complexity index is 440. The molecule has 0 saturated heterocycles. The third-order valence-electron chi connectivity index (χ3n) is 2.80. The zero-order chi connectivity index (χ0) is 14.3. The van der Waals surface area contributed by atoms with Gasteiger partial charge in [-0.05, 0) is 18.9 Å². The van der Waals surface area contributed by atoms with Gasteiger partial charge in [0.05, 0.1) is 30.7 Å². The highest BCUT2D eigenvalue weighted by atomic mass is 16.3. The molecular weight excluding hydrogens is 242 g/mol. The summed E-state index contributed by atoms with van der Waals surface area (Å²) in [7, 11) is 0. The van der Waals surface area contributed by atoms with Crippen molar-refractivity contribution in [2.75, 3.05) is 0 Å². The van der Waals surface area contributed by atoms with Crippen molar-refractivity contribution in [3.63, 3.8) is 0 Å². The number of nitrogens with one attached hydrogen (secondary N) is 1. The fraction of sp³-hybridized carbons (Fsp3) is 0.429. The van der Waals surface area contributed by atoms with E-state index in [4.69, 9.17) is 11.0 Å². The second-order valence-corrected chi connectivity index (χ2v) is 4.52. The van der Waals surface area contributed by atoms with Gasteiger partial charge in [0.2, 0.25) is 5.91 Å². The van der Waals surface area contributed by atoms with Gasteiger partial charge in [0, 0.05) is 0 Å². The Labute approximate surface area is 113 Å². The van der Waals surface area contributed by atoms with Crippen LogP contribution >= 0.6 is 0 Å². The quantitative estimate of drug-likeness (QED) is 0.687. The Hall–Kier alpha value is -1.90. The summed E-state index contributed by atoms with van der Waals surface area (Å²) < 4.78 is 0. The predicted molar refractivity (Wildman–Crippen MR) is 72.0 cm³/mol. The minimum absolute atomic E-state index is 0.0310. The van der Waals surface area contributed by atoms with Crippen LogP contribution in [0.15, 0.2) is 30.3 Å². The van der Waals surface area contributed by atoms with Crippen molar-refractivity contribution in [3.8, 4) is 6.07 Å².